The van der Waals surface area contributed by atoms with Crippen LogP contribution in [0.3, 0.4) is 0 Å². The fourth-order valence-corrected chi connectivity index (χ4v) is 2.09. The highest BCUT2D eigenvalue weighted by Crippen LogP contribution is 2.25. The van der Waals surface area contributed by atoms with Crippen LogP contribution >= 0.6 is 11.6 Å². The van der Waals surface area contributed by atoms with E-state index in [4.69, 9.17) is 16.3 Å². The lowest BCUT2D eigenvalue weighted by atomic mass is 10.1. The Kier molecular flexibility index (Phi) is 6.94. The molecule has 0 aliphatic heterocycles. The van der Waals surface area contributed by atoms with Crippen molar-refractivity contribution in [3.8, 4) is 5.75 Å². The molecule has 1 aromatic rings. The summed E-state index contributed by atoms with van der Waals surface area (Å²) in [5.74, 6) is 0.614. The standard InChI is InChI=1S/C14H19ClN2O4/c1-16(9-5-3-4-8-15)14(18)12-7-6-11(17(19)20)10-13(12)21-2/h6-7,10H,3-5,8-9H2,1-2H3. The number of unbranched alkanes of at least 4 members (excludes halogenated alkanes) is 2. The first-order chi connectivity index (χ1) is 10.0. The molecule has 0 aromatic heterocycles. The topological polar surface area (TPSA) is 72.7 Å². The first kappa shape index (κ1) is 17.2. The quantitative estimate of drug-likeness (QED) is 0.320. The summed E-state index contributed by atoms with van der Waals surface area (Å²) in [4.78, 5) is 24.1. The van der Waals surface area contributed by atoms with Crippen LogP contribution in [0.1, 0.15) is 29.6 Å². The molecular formula is C14H19ClN2O4. The van der Waals surface area contributed by atoms with Gasteiger partial charge in [0.2, 0.25) is 0 Å². The zero-order chi connectivity index (χ0) is 15.8. The minimum absolute atomic E-state index is 0.104. The number of ether oxygens (including phenoxy) is 1. The molecule has 0 heterocycles. The van der Waals surface area contributed by atoms with Gasteiger partial charge in [-0.25, -0.2) is 0 Å². The smallest absolute Gasteiger partial charge is 0.273 e. The SMILES string of the molecule is COc1cc([N+](=O)[O-])ccc1C(=O)N(C)CCCCCCl. The first-order valence-corrected chi connectivity index (χ1v) is 7.18. The van der Waals surface area contributed by atoms with Gasteiger partial charge in [-0.1, -0.05) is 6.42 Å². The Labute approximate surface area is 128 Å². The van der Waals surface area contributed by atoms with Gasteiger partial charge in [-0.2, -0.15) is 0 Å². The minimum Gasteiger partial charge on any atom is -0.496 e. The lowest BCUT2D eigenvalue weighted by molar-refractivity contribution is -0.384. The Bertz CT molecular complexity index is 508. The predicted molar refractivity (Wildman–Crippen MR) is 81.2 cm³/mol. The van der Waals surface area contributed by atoms with Gasteiger partial charge in [0, 0.05) is 25.5 Å². The second-order valence-corrected chi connectivity index (χ2v) is 5.00. The largest absolute Gasteiger partial charge is 0.496 e. The van der Waals surface area contributed by atoms with Gasteiger partial charge in [-0.05, 0) is 18.9 Å². The van der Waals surface area contributed by atoms with Crippen molar-refractivity contribution in [2.75, 3.05) is 26.6 Å². The Morgan fingerprint density at radius 3 is 2.67 bits per heavy atom. The molecule has 0 unspecified atom stereocenters. The number of amides is 1. The van der Waals surface area contributed by atoms with Gasteiger partial charge >= 0.3 is 0 Å². The molecule has 1 aromatic carbocycles. The van der Waals surface area contributed by atoms with Gasteiger partial charge in [0.05, 0.1) is 23.7 Å². The second kappa shape index (κ2) is 8.46. The number of carbonyl (C=O) groups is 1. The number of non-ortho nitro benzene ring substituents is 1. The molecule has 0 spiro atoms. The van der Waals surface area contributed by atoms with Gasteiger partial charge < -0.3 is 9.64 Å². The van der Waals surface area contributed by atoms with Crippen LogP contribution in [0, 0.1) is 10.1 Å². The number of hydrogen-bond acceptors (Lipinski definition) is 4. The van der Waals surface area contributed by atoms with Gasteiger partial charge in [-0.3, -0.25) is 14.9 Å². The third-order valence-electron chi connectivity index (χ3n) is 3.10. The van der Waals surface area contributed by atoms with E-state index in [-0.39, 0.29) is 17.3 Å². The van der Waals surface area contributed by atoms with Crippen LogP contribution in [-0.2, 0) is 0 Å². The maximum atomic E-state index is 12.3. The second-order valence-electron chi connectivity index (χ2n) is 4.62. The number of hydrogen-bond donors (Lipinski definition) is 0. The lowest BCUT2D eigenvalue weighted by Crippen LogP contribution is -2.28. The average Bonchev–Trinajstić information content (AvgIpc) is 2.49. The molecule has 7 heteroatoms. The lowest BCUT2D eigenvalue weighted by Gasteiger charge is -2.18. The van der Waals surface area contributed by atoms with Crippen LogP contribution in [-0.4, -0.2) is 42.3 Å². The molecule has 21 heavy (non-hydrogen) atoms. The van der Waals surface area contributed by atoms with E-state index in [1.54, 1.807) is 11.9 Å². The van der Waals surface area contributed by atoms with E-state index >= 15 is 0 Å². The van der Waals surface area contributed by atoms with E-state index in [2.05, 4.69) is 0 Å². The van der Waals surface area contributed by atoms with Crippen molar-refractivity contribution in [1.82, 2.24) is 4.90 Å². The Morgan fingerprint density at radius 1 is 1.38 bits per heavy atom. The third kappa shape index (κ3) is 4.90. The Balaban J connectivity index is 2.79. The molecule has 0 aliphatic rings. The highest BCUT2D eigenvalue weighted by atomic mass is 35.5. The summed E-state index contributed by atoms with van der Waals surface area (Å²) < 4.78 is 5.08. The molecular weight excluding hydrogens is 296 g/mol. The molecule has 0 radical (unpaired) electrons. The van der Waals surface area contributed by atoms with Crippen molar-refractivity contribution in [3.05, 3.63) is 33.9 Å². The van der Waals surface area contributed by atoms with E-state index in [1.807, 2.05) is 0 Å². The number of carbonyl (C=O) groups excluding carboxylic acids is 1. The van der Waals surface area contributed by atoms with E-state index < -0.39 is 4.92 Å². The van der Waals surface area contributed by atoms with Crippen LogP contribution in [0.4, 0.5) is 5.69 Å². The summed E-state index contributed by atoms with van der Waals surface area (Å²) in [5, 5.41) is 10.7. The van der Waals surface area contributed by atoms with Crippen LogP contribution in [0.2, 0.25) is 0 Å². The Hall–Kier alpha value is -1.82. The number of benzene rings is 1. The third-order valence-corrected chi connectivity index (χ3v) is 3.37. The summed E-state index contributed by atoms with van der Waals surface area (Å²) in [7, 11) is 3.08. The zero-order valence-corrected chi connectivity index (χ0v) is 12.9. The van der Waals surface area contributed by atoms with Crippen molar-refractivity contribution in [2.24, 2.45) is 0 Å². The van der Waals surface area contributed by atoms with Crippen molar-refractivity contribution in [2.45, 2.75) is 19.3 Å². The van der Waals surface area contributed by atoms with Crippen molar-refractivity contribution < 1.29 is 14.5 Å². The highest BCUT2D eigenvalue weighted by Gasteiger charge is 2.19. The predicted octanol–water partition coefficient (Wildman–Crippen LogP) is 3.08. The molecule has 0 N–H and O–H groups in total. The number of rotatable bonds is 8. The molecule has 0 aliphatic carbocycles. The van der Waals surface area contributed by atoms with Gasteiger partial charge in [0.25, 0.3) is 11.6 Å². The van der Waals surface area contributed by atoms with E-state index in [9.17, 15) is 14.9 Å². The van der Waals surface area contributed by atoms with Crippen LogP contribution < -0.4 is 4.74 Å². The zero-order valence-electron chi connectivity index (χ0n) is 12.2. The summed E-state index contributed by atoms with van der Waals surface area (Å²) in [6.45, 7) is 0.607. The maximum absolute atomic E-state index is 12.3. The summed E-state index contributed by atoms with van der Waals surface area (Å²) in [6, 6.07) is 3.99. The van der Waals surface area contributed by atoms with Crippen molar-refractivity contribution >= 4 is 23.2 Å². The molecule has 1 amide bonds. The molecule has 0 fully saturated rings. The van der Waals surface area contributed by atoms with Crippen molar-refractivity contribution in [3.63, 3.8) is 0 Å². The molecule has 116 valence electrons. The number of nitrogens with zero attached hydrogens (tertiary/aromatic N) is 2. The fourth-order valence-electron chi connectivity index (χ4n) is 1.90. The molecule has 0 bridgehead atoms. The number of halogens is 1. The number of alkyl halides is 1. The van der Waals surface area contributed by atoms with E-state index in [1.165, 1.54) is 25.3 Å². The van der Waals surface area contributed by atoms with Gasteiger partial charge in [-0.15, -0.1) is 11.6 Å². The minimum atomic E-state index is -0.521. The molecule has 0 saturated carbocycles. The average molecular weight is 315 g/mol. The molecule has 0 atom stereocenters. The Morgan fingerprint density at radius 2 is 2.10 bits per heavy atom. The normalized spacial score (nSPS) is 10.2. The van der Waals surface area contributed by atoms with Crippen molar-refractivity contribution in [1.29, 1.82) is 0 Å². The first-order valence-electron chi connectivity index (χ1n) is 6.65. The van der Waals surface area contributed by atoms with E-state index in [0.29, 0.717) is 18.0 Å². The van der Waals surface area contributed by atoms with Crippen LogP contribution in [0.5, 0.6) is 5.75 Å². The number of nitro benzene ring substituents is 1. The summed E-state index contributed by atoms with van der Waals surface area (Å²) >= 11 is 5.60. The van der Waals surface area contributed by atoms with Gasteiger partial charge in [0.1, 0.15) is 5.75 Å². The van der Waals surface area contributed by atoms with Crippen LogP contribution in [0.15, 0.2) is 18.2 Å². The summed E-state index contributed by atoms with van der Waals surface area (Å²) in [6.07, 6.45) is 2.74. The fraction of sp³-hybridized carbons (Fsp3) is 0.500. The van der Waals surface area contributed by atoms with Gasteiger partial charge in [0.15, 0.2) is 0 Å². The van der Waals surface area contributed by atoms with Crippen LogP contribution in [0.25, 0.3) is 0 Å². The molecule has 1 rings (SSSR count). The highest BCUT2D eigenvalue weighted by molar-refractivity contribution is 6.17. The number of methoxy groups -OCH3 is 1. The number of nitro groups is 1. The molecule has 0 saturated heterocycles. The van der Waals surface area contributed by atoms with E-state index in [0.717, 1.165) is 19.3 Å². The maximum Gasteiger partial charge on any atom is 0.273 e. The monoisotopic (exact) mass is 314 g/mol. The summed E-state index contributed by atoms with van der Waals surface area (Å²) in [5.41, 5.74) is 0.219. The molecule has 6 nitrogen and oxygen atoms in total.